The summed E-state index contributed by atoms with van der Waals surface area (Å²) in [5.74, 6) is 1.32. The molecule has 2 aromatic heterocycles. The van der Waals surface area contributed by atoms with E-state index >= 15 is 0 Å². The third-order valence-electron chi connectivity index (χ3n) is 3.47. The molecule has 1 aromatic carbocycles. The third kappa shape index (κ3) is 2.89. The summed E-state index contributed by atoms with van der Waals surface area (Å²) in [6.45, 7) is 3.84. The van der Waals surface area contributed by atoms with Crippen LogP contribution in [0, 0.1) is 13.8 Å². The van der Waals surface area contributed by atoms with Gasteiger partial charge in [0.1, 0.15) is 5.76 Å². The standard InChI is InChI=1S/C17H17N3O2/c1-11-3-8-16(20-19-11)13-4-6-14(7-5-13)17-18-15(9-10-21)12(2)22-17/h3-8,21H,9-10H2,1-2H3. The number of aromatic nitrogens is 3. The molecule has 112 valence electrons. The second-order valence-electron chi connectivity index (χ2n) is 5.13. The van der Waals surface area contributed by atoms with Gasteiger partial charge in [-0.2, -0.15) is 10.2 Å². The van der Waals surface area contributed by atoms with Crippen LogP contribution in [0.2, 0.25) is 0 Å². The Bertz CT molecular complexity index is 762. The summed E-state index contributed by atoms with van der Waals surface area (Å²) in [5.41, 5.74) is 4.42. The highest BCUT2D eigenvalue weighted by Crippen LogP contribution is 2.25. The van der Waals surface area contributed by atoms with E-state index in [9.17, 15) is 0 Å². The molecule has 0 aliphatic heterocycles. The Morgan fingerprint density at radius 2 is 1.68 bits per heavy atom. The first-order valence-corrected chi connectivity index (χ1v) is 7.15. The fourth-order valence-electron chi connectivity index (χ4n) is 2.23. The lowest BCUT2D eigenvalue weighted by Gasteiger charge is -2.01. The maximum atomic E-state index is 9.01. The number of nitrogens with zero attached hydrogens (tertiary/aromatic N) is 3. The van der Waals surface area contributed by atoms with Crippen LogP contribution in [0.3, 0.4) is 0 Å². The highest BCUT2D eigenvalue weighted by atomic mass is 16.4. The van der Waals surface area contributed by atoms with Crippen LogP contribution in [-0.2, 0) is 6.42 Å². The Balaban J connectivity index is 1.87. The molecule has 5 heteroatoms. The monoisotopic (exact) mass is 295 g/mol. The first-order valence-electron chi connectivity index (χ1n) is 7.15. The number of hydrogen-bond acceptors (Lipinski definition) is 5. The van der Waals surface area contributed by atoms with E-state index < -0.39 is 0 Å². The average molecular weight is 295 g/mol. The van der Waals surface area contributed by atoms with Gasteiger partial charge in [0, 0.05) is 24.2 Å². The zero-order valence-corrected chi connectivity index (χ0v) is 12.6. The summed E-state index contributed by atoms with van der Waals surface area (Å²) in [7, 11) is 0. The van der Waals surface area contributed by atoms with Gasteiger partial charge >= 0.3 is 0 Å². The van der Waals surface area contributed by atoms with Crippen molar-refractivity contribution in [1.82, 2.24) is 15.2 Å². The van der Waals surface area contributed by atoms with Gasteiger partial charge in [-0.25, -0.2) is 4.98 Å². The van der Waals surface area contributed by atoms with Gasteiger partial charge in [-0.05, 0) is 38.1 Å². The van der Waals surface area contributed by atoms with Crippen LogP contribution in [0.15, 0.2) is 40.8 Å². The number of aryl methyl sites for hydroxylation is 2. The van der Waals surface area contributed by atoms with Gasteiger partial charge in [-0.15, -0.1) is 0 Å². The van der Waals surface area contributed by atoms with Crippen LogP contribution in [0.5, 0.6) is 0 Å². The second-order valence-corrected chi connectivity index (χ2v) is 5.13. The summed E-state index contributed by atoms with van der Waals surface area (Å²) >= 11 is 0. The molecule has 0 unspecified atom stereocenters. The molecule has 0 aliphatic rings. The first-order chi connectivity index (χ1) is 10.7. The minimum atomic E-state index is 0.0673. The lowest BCUT2D eigenvalue weighted by atomic mass is 10.1. The molecule has 0 saturated carbocycles. The van der Waals surface area contributed by atoms with Crippen LogP contribution in [0.1, 0.15) is 17.1 Å². The topological polar surface area (TPSA) is 72.0 Å². The molecule has 0 aliphatic carbocycles. The fourth-order valence-corrected chi connectivity index (χ4v) is 2.23. The van der Waals surface area contributed by atoms with Crippen LogP contribution >= 0.6 is 0 Å². The van der Waals surface area contributed by atoms with Gasteiger partial charge in [0.2, 0.25) is 5.89 Å². The maximum absolute atomic E-state index is 9.01. The van der Waals surface area contributed by atoms with E-state index in [-0.39, 0.29) is 6.61 Å². The molecule has 0 bridgehead atoms. The van der Waals surface area contributed by atoms with E-state index in [1.165, 1.54) is 0 Å². The average Bonchev–Trinajstić information content (AvgIpc) is 2.90. The summed E-state index contributed by atoms with van der Waals surface area (Å²) in [4.78, 5) is 4.43. The highest BCUT2D eigenvalue weighted by molar-refractivity contribution is 5.64. The molecule has 2 heterocycles. The van der Waals surface area contributed by atoms with Crippen molar-refractivity contribution in [2.75, 3.05) is 6.61 Å². The molecule has 0 fully saturated rings. The van der Waals surface area contributed by atoms with Crippen molar-refractivity contribution in [2.45, 2.75) is 20.3 Å². The van der Waals surface area contributed by atoms with Gasteiger partial charge in [0.15, 0.2) is 0 Å². The normalized spacial score (nSPS) is 10.9. The van der Waals surface area contributed by atoms with Crippen LogP contribution in [0.4, 0.5) is 0 Å². The minimum absolute atomic E-state index is 0.0673. The zero-order chi connectivity index (χ0) is 15.5. The highest BCUT2D eigenvalue weighted by Gasteiger charge is 2.11. The molecule has 0 amide bonds. The number of aliphatic hydroxyl groups excluding tert-OH is 1. The van der Waals surface area contributed by atoms with Crippen LogP contribution in [-0.4, -0.2) is 26.9 Å². The Kier molecular flexibility index (Phi) is 3.98. The van der Waals surface area contributed by atoms with Crippen molar-refractivity contribution in [3.05, 3.63) is 53.5 Å². The number of benzene rings is 1. The summed E-state index contributed by atoms with van der Waals surface area (Å²) in [6.07, 6.45) is 0.506. The fraction of sp³-hybridized carbons (Fsp3) is 0.235. The molecule has 1 N–H and O–H groups in total. The molecule has 0 atom stereocenters. The van der Waals surface area contributed by atoms with Crippen LogP contribution in [0.25, 0.3) is 22.7 Å². The predicted octanol–water partition coefficient (Wildman–Crippen LogP) is 2.95. The number of rotatable bonds is 4. The van der Waals surface area contributed by atoms with Crippen molar-refractivity contribution in [1.29, 1.82) is 0 Å². The molecule has 0 saturated heterocycles. The van der Waals surface area contributed by atoms with E-state index in [4.69, 9.17) is 9.52 Å². The molecule has 22 heavy (non-hydrogen) atoms. The molecule has 0 spiro atoms. The van der Waals surface area contributed by atoms with Crippen molar-refractivity contribution >= 4 is 0 Å². The lowest BCUT2D eigenvalue weighted by Crippen LogP contribution is -1.92. The zero-order valence-electron chi connectivity index (χ0n) is 12.6. The SMILES string of the molecule is Cc1ccc(-c2ccc(-c3nc(CCO)c(C)o3)cc2)nn1. The van der Waals surface area contributed by atoms with Crippen molar-refractivity contribution in [3.8, 4) is 22.7 Å². The van der Waals surface area contributed by atoms with E-state index in [2.05, 4.69) is 15.2 Å². The smallest absolute Gasteiger partial charge is 0.226 e. The largest absolute Gasteiger partial charge is 0.441 e. The van der Waals surface area contributed by atoms with E-state index in [1.54, 1.807) is 0 Å². The van der Waals surface area contributed by atoms with Crippen LogP contribution < -0.4 is 0 Å². The Labute approximate surface area is 128 Å². The molecule has 0 radical (unpaired) electrons. The second kappa shape index (κ2) is 6.07. The summed E-state index contributed by atoms with van der Waals surface area (Å²) in [5, 5.41) is 17.3. The third-order valence-corrected chi connectivity index (χ3v) is 3.47. The van der Waals surface area contributed by atoms with Gasteiger partial charge in [-0.1, -0.05) is 12.1 Å². The molecular weight excluding hydrogens is 278 g/mol. The van der Waals surface area contributed by atoms with Crippen molar-refractivity contribution in [2.24, 2.45) is 0 Å². The van der Waals surface area contributed by atoms with E-state index in [0.29, 0.717) is 12.3 Å². The van der Waals surface area contributed by atoms with E-state index in [0.717, 1.165) is 34.0 Å². The first kappa shape index (κ1) is 14.4. The summed E-state index contributed by atoms with van der Waals surface area (Å²) in [6, 6.07) is 11.7. The number of oxazole rings is 1. The van der Waals surface area contributed by atoms with Gasteiger partial charge in [0.25, 0.3) is 0 Å². The Hall–Kier alpha value is -2.53. The molecule has 5 nitrogen and oxygen atoms in total. The lowest BCUT2D eigenvalue weighted by molar-refractivity contribution is 0.297. The van der Waals surface area contributed by atoms with Crippen molar-refractivity contribution < 1.29 is 9.52 Å². The summed E-state index contributed by atoms with van der Waals surface area (Å²) < 4.78 is 5.66. The van der Waals surface area contributed by atoms with Gasteiger partial charge < -0.3 is 9.52 Å². The Morgan fingerprint density at radius 1 is 0.955 bits per heavy atom. The van der Waals surface area contributed by atoms with Gasteiger partial charge in [0.05, 0.1) is 17.1 Å². The van der Waals surface area contributed by atoms with Gasteiger partial charge in [-0.3, -0.25) is 0 Å². The quantitative estimate of drug-likeness (QED) is 0.801. The number of aliphatic hydroxyl groups is 1. The maximum Gasteiger partial charge on any atom is 0.226 e. The Morgan fingerprint density at radius 3 is 2.32 bits per heavy atom. The predicted molar refractivity (Wildman–Crippen MR) is 83.2 cm³/mol. The minimum Gasteiger partial charge on any atom is -0.441 e. The van der Waals surface area contributed by atoms with E-state index in [1.807, 2.05) is 50.2 Å². The number of hydrogen-bond donors (Lipinski definition) is 1. The molecular formula is C17H17N3O2. The molecule has 3 aromatic rings. The molecule has 3 rings (SSSR count). The van der Waals surface area contributed by atoms with Crippen molar-refractivity contribution in [3.63, 3.8) is 0 Å².